The number of hydrogen-bond donors (Lipinski definition) is 2. The molecule has 1 aromatic rings. The lowest BCUT2D eigenvalue weighted by molar-refractivity contribution is -0.127. The number of carbonyl (C=O) groups is 1. The van der Waals surface area contributed by atoms with Gasteiger partial charge in [0.05, 0.1) is 7.11 Å². The maximum absolute atomic E-state index is 11.8. The zero-order valence-corrected chi connectivity index (χ0v) is 12.1. The standard InChI is InChI=1S/C15H23NO4/c1-12(15(18)16-10-4-3-5-11-17)20-14-8-6-13(19-2)7-9-14/h6-9,12,17H,3-5,10-11H2,1-2H3,(H,16,18). The van der Waals surface area contributed by atoms with Gasteiger partial charge in [0, 0.05) is 13.2 Å². The zero-order valence-electron chi connectivity index (χ0n) is 12.1. The molecule has 1 aromatic carbocycles. The molecule has 5 nitrogen and oxygen atoms in total. The van der Waals surface area contributed by atoms with Crippen molar-refractivity contribution >= 4 is 5.91 Å². The minimum absolute atomic E-state index is 0.134. The molecule has 0 aliphatic heterocycles. The van der Waals surface area contributed by atoms with Gasteiger partial charge < -0.3 is 19.9 Å². The van der Waals surface area contributed by atoms with Crippen LogP contribution in [0.25, 0.3) is 0 Å². The summed E-state index contributed by atoms with van der Waals surface area (Å²) in [6.45, 7) is 2.52. The van der Waals surface area contributed by atoms with Crippen molar-refractivity contribution in [1.29, 1.82) is 0 Å². The zero-order chi connectivity index (χ0) is 14.8. The highest BCUT2D eigenvalue weighted by Crippen LogP contribution is 2.18. The van der Waals surface area contributed by atoms with Crippen LogP contribution in [0.3, 0.4) is 0 Å². The highest BCUT2D eigenvalue weighted by atomic mass is 16.5. The van der Waals surface area contributed by atoms with E-state index in [1.165, 1.54) is 0 Å². The summed E-state index contributed by atoms with van der Waals surface area (Å²) in [7, 11) is 1.60. The molecule has 0 saturated heterocycles. The Labute approximate surface area is 119 Å². The van der Waals surface area contributed by atoms with E-state index < -0.39 is 6.10 Å². The summed E-state index contributed by atoms with van der Waals surface area (Å²) in [4.78, 5) is 11.8. The quantitative estimate of drug-likeness (QED) is 0.677. The fraction of sp³-hybridized carbons (Fsp3) is 0.533. The lowest BCUT2D eigenvalue weighted by Gasteiger charge is -2.15. The number of aliphatic hydroxyl groups excluding tert-OH is 1. The molecule has 0 aliphatic rings. The molecule has 5 heteroatoms. The van der Waals surface area contributed by atoms with E-state index in [1.807, 2.05) is 0 Å². The van der Waals surface area contributed by atoms with E-state index in [0.717, 1.165) is 25.0 Å². The van der Waals surface area contributed by atoms with Gasteiger partial charge in [-0.1, -0.05) is 0 Å². The molecule has 1 amide bonds. The smallest absolute Gasteiger partial charge is 0.260 e. The largest absolute Gasteiger partial charge is 0.497 e. The van der Waals surface area contributed by atoms with Crippen LogP contribution in [0.15, 0.2) is 24.3 Å². The second-order valence-electron chi connectivity index (χ2n) is 4.51. The van der Waals surface area contributed by atoms with E-state index in [9.17, 15) is 4.79 Å². The maximum Gasteiger partial charge on any atom is 0.260 e. The van der Waals surface area contributed by atoms with Gasteiger partial charge in [-0.25, -0.2) is 0 Å². The van der Waals surface area contributed by atoms with Crippen LogP contribution in [0.1, 0.15) is 26.2 Å². The first-order chi connectivity index (χ1) is 9.67. The molecule has 0 fully saturated rings. The van der Waals surface area contributed by atoms with E-state index >= 15 is 0 Å². The van der Waals surface area contributed by atoms with Crippen molar-refractivity contribution in [1.82, 2.24) is 5.32 Å². The number of methoxy groups -OCH3 is 1. The third-order valence-corrected chi connectivity index (χ3v) is 2.88. The number of benzene rings is 1. The summed E-state index contributed by atoms with van der Waals surface area (Å²) in [6.07, 6.45) is 2.00. The molecule has 1 unspecified atom stereocenters. The van der Waals surface area contributed by atoms with Crippen LogP contribution in [-0.2, 0) is 4.79 Å². The van der Waals surface area contributed by atoms with Gasteiger partial charge in [-0.05, 0) is 50.5 Å². The number of aliphatic hydroxyl groups is 1. The maximum atomic E-state index is 11.8. The van der Waals surface area contributed by atoms with Crippen molar-refractivity contribution in [2.45, 2.75) is 32.3 Å². The second kappa shape index (κ2) is 9.20. The first-order valence-corrected chi connectivity index (χ1v) is 6.86. The molecule has 112 valence electrons. The normalized spacial score (nSPS) is 11.8. The Morgan fingerprint density at radius 3 is 2.45 bits per heavy atom. The van der Waals surface area contributed by atoms with Crippen LogP contribution in [-0.4, -0.2) is 37.4 Å². The molecule has 0 saturated carbocycles. The van der Waals surface area contributed by atoms with E-state index in [2.05, 4.69) is 5.32 Å². The van der Waals surface area contributed by atoms with Crippen molar-refractivity contribution in [2.75, 3.05) is 20.3 Å². The molecule has 1 rings (SSSR count). The van der Waals surface area contributed by atoms with E-state index in [0.29, 0.717) is 12.3 Å². The number of nitrogens with one attached hydrogen (secondary N) is 1. The number of ether oxygens (including phenoxy) is 2. The minimum Gasteiger partial charge on any atom is -0.497 e. The van der Waals surface area contributed by atoms with Crippen molar-refractivity contribution < 1.29 is 19.4 Å². The van der Waals surface area contributed by atoms with Gasteiger partial charge in [-0.3, -0.25) is 4.79 Å². The molecule has 1 atom stereocenters. The first kappa shape index (κ1) is 16.3. The van der Waals surface area contributed by atoms with Gasteiger partial charge >= 0.3 is 0 Å². The molecule has 0 radical (unpaired) electrons. The average Bonchev–Trinajstić information content (AvgIpc) is 2.47. The van der Waals surface area contributed by atoms with Crippen LogP contribution in [0.4, 0.5) is 0 Å². The fourth-order valence-electron chi connectivity index (χ4n) is 1.68. The topological polar surface area (TPSA) is 67.8 Å². The number of amides is 1. The number of carbonyl (C=O) groups excluding carboxylic acids is 1. The molecule has 2 N–H and O–H groups in total. The highest BCUT2D eigenvalue weighted by molar-refractivity contribution is 5.80. The summed E-state index contributed by atoms with van der Waals surface area (Å²) in [5, 5.41) is 11.5. The minimum atomic E-state index is -0.541. The average molecular weight is 281 g/mol. The molecule has 0 heterocycles. The number of hydrogen-bond acceptors (Lipinski definition) is 4. The number of rotatable bonds is 9. The van der Waals surface area contributed by atoms with Crippen LogP contribution in [0.5, 0.6) is 11.5 Å². The molecule has 0 bridgehead atoms. The van der Waals surface area contributed by atoms with Crippen LogP contribution in [0.2, 0.25) is 0 Å². The third kappa shape index (κ3) is 5.93. The van der Waals surface area contributed by atoms with E-state index in [1.54, 1.807) is 38.3 Å². The molecule has 20 heavy (non-hydrogen) atoms. The highest BCUT2D eigenvalue weighted by Gasteiger charge is 2.13. The van der Waals surface area contributed by atoms with E-state index in [4.69, 9.17) is 14.6 Å². The Morgan fingerprint density at radius 1 is 1.20 bits per heavy atom. The van der Waals surface area contributed by atoms with Gasteiger partial charge in [0.2, 0.25) is 0 Å². The lowest BCUT2D eigenvalue weighted by atomic mass is 10.2. The van der Waals surface area contributed by atoms with Crippen molar-refractivity contribution in [3.8, 4) is 11.5 Å². The molecule has 0 aliphatic carbocycles. The summed E-state index contributed by atoms with van der Waals surface area (Å²) in [5.74, 6) is 1.25. The summed E-state index contributed by atoms with van der Waals surface area (Å²) >= 11 is 0. The Balaban J connectivity index is 2.29. The van der Waals surface area contributed by atoms with E-state index in [-0.39, 0.29) is 12.5 Å². The molecule has 0 aromatic heterocycles. The predicted octanol–water partition coefficient (Wildman–Crippen LogP) is 1.74. The summed E-state index contributed by atoms with van der Waals surface area (Å²) < 4.78 is 10.6. The Bertz CT molecular complexity index is 391. The molecular formula is C15H23NO4. The monoisotopic (exact) mass is 281 g/mol. The van der Waals surface area contributed by atoms with Crippen molar-refractivity contribution in [2.24, 2.45) is 0 Å². The Hall–Kier alpha value is -1.75. The summed E-state index contributed by atoms with van der Waals surface area (Å²) in [6, 6.07) is 7.11. The summed E-state index contributed by atoms with van der Waals surface area (Å²) in [5.41, 5.74) is 0. The lowest BCUT2D eigenvalue weighted by Crippen LogP contribution is -2.36. The van der Waals surface area contributed by atoms with Gasteiger partial charge in [-0.2, -0.15) is 0 Å². The molecular weight excluding hydrogens is 258 g/mol. The van der Waals surface area contributed by atoms with Gasteiger partial charge in [0.25, 0.3) is 5.91 Å². The second-order valence-corrected chi connectivity index (χ2v) is 4.51. The van der Waals surface area contributed by atoms with Crippen LogP contribution >= 0.6 is 0 Å². The van der Waals surface area contributed by atoms with Crippen LogP contribution in [0, 0.1) is 0 Å². The van der Waals surface area contributed by atoms with Gasteiger partial charge in [0.15, 0.2) is 6.10 Å². The Morgan fingerprint density at radius 2 is 1.85 bits per heavy atom. The van der Waals surface area contributed by atoms with Crippen LogP contribution < -0.4 is 14.8 Å². The van der Waals surface area contributed by atoms with Gasteiger partial charge in [0.1, 0.15) is 11.5 Å². The first-order valence-electron chi connectivity index (χ1n) is 6.86. The van der Waals surface area contributed by atoms with Crippen molar-refractivity contribution in [3.05, 3.63) is 24.3 Å². The third-order valence-electron chi connectivity index (χ3n) is 2.88. The van der Waals surface area contributed by atoms with Crippen molar-refractivity contribution in [3.63, 3.8) is 0 Å². The SMILES string of the molecule is COc1ccc(OC(C)C(=O)NCCCCCO)cc1. The van der Waals surface area contributed by atoms with Gasteiger partial charge in [-0.15, -0.1) is 0 Å². The Kier molecular flexibility index (Phi) is 7.50. The number of unbranched alkanes of at least 4 members (excludes halogenated alkanes) is 2. The predicted molar refractivity (Wildman–Crippen MR) is 77.0 cm³/mol. The fourth-order valence-corrected chi connectivity index (χ4v) is 1.68. The molecule has 0 spiro atoms.